The number of hydrogen-bond donors (Lipinski definition) is 2. The van der Waals surface area contributed by atoms with Gasteiger partial charge in [-0.1, -0.05) is 24.3 Å². The summed E-state index contributed by atoms with van der Waals surface area (Å²) in [5, 5.41) is 9.28. The van der Waals surface area contributed by atoms with Gasteiger partial charge in [-0.2, -0.15) is 0 Å². The van der Waals surface area contributed by atoms with Crippen molar-refractivity contribution < 1.29 is 14.6 Å². The predicted octanol–water partition coefficient (Wildman–Crippen LogP) is 3.42. The molecule has 0 aliphatic heterocycles. The number of nitrogen functional groups attached to an aromatic ring is 1. The van der Waals surface area contributed by atoms with E-state index in [1.807, 2.05) is 12.1 Å². The summed E-state index contributed by atoms with van der Waals surface area (Å²) in [5.74, 6) is -0.653. The molecule has 108 valence electrons. The van der Waals surface area contributed by atoms with Gasteiger partial charge in [-0.3, -0.25) is 0 Å². The largest absolute Gasteiger partial charge is 0.485 e. The van der Waals surface area contributed by atoms with Crippen molar-refractivity contribution >= 4 is 11.7 Å². The van der Waals surface area contributed by atoms with E-state index in [4.69, 9.17) is 10.5 Å². The summed E-state index contributed by atoms with van der Waals surface area (Å²) < 4.78 is 5.99. The van der Waals surface area contributed by atoms with Gasteiger partial charge in [0.15, 0.2) is 0 Å². The molecule has 1 atom stereocenters. The van der Waals surface area contributed by atoms with Crippen molar-refractivity contribution in [2.24, 2.45) is 0 Å². The van der Waals surface area contributed by atoms with E-state index in [2.05, 4.69) is 12.1 Å². The molecule has 3 N–H and O–H groups in total. The summed E-state index contributed by atoms with van der Waals surface area (Å²) in [7, 11) is 0. The van der Waals surface area contributed by atoms with E-state index in [1.165, 1.54) is 11.6 Å². The second kappa shape index (κ2) is 5.48. The number of fused-ring (bicyclic) bond motifs is 1. The lowest BCUT2D eigenvalue weighted by Gasteiger charge is -2.26. The number of benzene rings is 2. The molecule has 2 aromatic carbocycles. The molecule has 4 heteroatoms. The SMILES string of the molecule is Nc1ccc(OC2CCCc3ccccc32)c(C(=O)O)c1. The number of aryl methyl sites for hydroxylation is 1. The van der Waals surface area contributed by atoms with Gasteiger partial charge in [0.05, 0.1) is 0 Å². The average molecular weight is 283 g/mol. The van der Waals surface area contributed by atoms with Gasteiger partial charge in [-0.25, -0.2) is 4.79 Å². The Kier molecular flexibility index (Phi) is 3.52. The highest BCUT2D eigenvalue weighted by Crippen LogP contribution is 2.35. The van der Waals surface area contributed by atoms with Gasteiger partial charge in [0, 0.05) is 5.69 Å². The van der Waals surface area contributed by atoms with Crippen LogP contribution in [0.5, 0.6) is 5.75 Å². The molecule has 0 radical (unpaired) electrons. The Morgan fingerprint density at radius 3 is 2.86 bits per heavy atom. The third-order valence-corrected chi connectivity index (χ3v) is 3.82. The fourth-order valence-corrected chi connectivity index (χ4v) is 2.80. The van der Waals surface area contributed by atoms with E-state index < -0.39 is 5.97 Å². The summed E-state index contributed by atoms with van der Waals surface area (Å²) in [4.78, 5) is 11.3. The molecule has 2 aromatic rings. The van der Waals surface area contributed by atoms with Crippen LogP contribution in [0.25, 0.3) is 0 Å². The van der Waals surface area contributed by atoms with Crippen molar-refractivity contribution in [3.05, 3.63) is 59.2 Å². The molecule has 0 fully saturated rings. The predicted molar refractivity (Wildman–Crippen MR) is 80.6 cm³/mol. The molecule has 1 aliphatic carbocycles. The molecule has 0 saturated carbocycles. The maximum absolute atomic E-state index is 11.3. The van der Waals surface area contributed by atoms with Crippen molar-refractivity contribution in [1.29, 1.82) is 0 Å². The van der Waals surface area contributed by atoms with Gasteiger partial charge in [0.2, 0.25) is 0 Å². The quantitative estimate of drug-likeness (QED) is 0.846. The third kappa shape index (κ3) is 2.70. The zero-order valence-electron chi connectivity index (χ0n) is 11.6. The molecule has 0 saturated heterocycles. The Balaban J connectivity index is 1.93. The summed E-state index contributed by atoms with van der Waals surface area (Å²) in [5.41, 5.74) is 8.61. The lowest BCUT2D eigenvalue weighted by molar-refractivity contribution is 0.0688. The van der Waals surface area contributed by atoms with Crippen LogP contribution in [0.3, 0.4) is 0 Å². The van der Waals surface area contributed by atoms with Crippen LogP contribution < -0.4 is 10.5 Å². The first-order chi connectivity index (χ1) is 10.1. The molecule has 21 heavy (non-hydrogen) atoms. The highest BCUT2D eigenvalue weighted by Gasteiger charge is 2.23. The van der Waals surface area contributed by atoms with Crippen molar-refractivity contribution in [2.45, 2.75) is 25.4 Å². The normalized spacial score (nSPS) is 17.0. The van der Waals surface area contributed by atoms with Crippen molar-refractivity contribution in [3.8, 4) is 5.75 Å². The summed E-state index contributed by atoms with van der Waals surface area (Å²) in [6, 6.07) is 12.9. The maximum Gasteiger partial charge on any atom is 0.339 e. The van der Waals surface area contributed by atoms with Crippen LogP contribution in [0.1, 0.15) is 40.4 Å². The maximum atomic E-state index is 11.3. The van der Waals surface area contributed by atoms with Crippen LogP contribution in [-0.2, 0) is 6.42 Å². The zero-order valence-corrected chi connectivity index (χ0v) is 11.6. The number of ether oxygens (including phenoxy) is 1. The number of aromatic carboxylic acids is 1. The van der Waals surface area contributed by atoms with Crippen LogP contribution in [0.4, 0.5) is 5.69 Å². The minimum Gasteiger partial charge on any atom is -0.485 e. The molecule has 0 heterocycles. The van der Waals surface area contributed by atoms with Gasteiger partial charge in [-0.15, -0.1) is 0 Å². The first kappa shape index (κ1) is 13.5. The zero-order chi connectivity index (χ0) is 14.8. The second-order valence-electron chi connectivity index (χ2n) is 5.26. The van der Waals surface area contributed by atoms with Crippen LogP contribution >= 0.6 is 0 Å². The molecule has 1 aliphatic rings. The minimum atomic E-state index is -1.03. The summed E-state index contributed by atoms with van der Waals surface area (Å²) in [6.07, 6.45) is 2.87. The fourth-order valence-electron chi connectivity index (χ4n) is 2.80. The molecule has 4 nitrogen and oxygen atoms in total. The monoisotopic (exact) mass is 283 g/mol. The number of carboxylic acid groups (broad SMARTS) is 1. The first-order valence-corrected chi connectivity index (χ1v) is 7.02. The minimum absolute atomic E-state index is 0.100. The van der Waals surface area contributed by atoms with Crippen molar-refractivity contribution in [3.63, 3.8) is 0 Å². The molecule has 0 bridgehead atoms. The van der Waals surface area contributed by atoms with Crippen LogP contribution in [0.15, 0.2) is 42.5 Å². The van der Waals surface area contributed by atoms with Crippen LogP contribution in [0.2, 0.25) is 0 Å². The Hall–Kier alpha value is -2.49. The topological polar surface area (TPSA) is 72.5 Å². The Morgan fingerprint density at radius 1 is 1.24 bits per heavy atom. The number of carboxylic acids is 1. The smallest absolute Gasteiger partial charge is 0.339 e. The number of anilines is 1. The van der Waals surface area contributed by atoms with E-state index in [0.717, 1.165) is 24.8 Å². The first-order valence-electron chi connectivity index (χ1n) is 7.02. The second-order valence-corrected chi connectivity index (χ2v) is 5.26. The van der Waals surface area contributed by atoms with Crippen molar-refractivity contribution in [1.82, 2.24) is 0 Å². The standard InChI is InChI=1S/C17H17NO3/c18-12-8-9-16(14(10-12)17(19)20)21-15-7-3-5-11-4-1-2-6-13(11)15/h1-2,4,6,8-10,15H,3,5,7,18H2,(H,19,20). The Morgan fingerprint density at radius 2 is 2.05 bits per heavy atom. The van der Waals surface area contributed by atoms with Gasteiger partial charge in [-0.05, 0) is 48.6 Å². The molecule has 1 unspecified atom stereocenters. The number of hydrogen-bond acceptors (Lipinski definition) is 3. The number of rotatable bonds is 3. The van der Waals surface area contributed by atoms with Crippen LogP contribution in [0, 0.1) is 0 Å². The lowest BCUT2D eigenvalue weighted by atomic mass is 9.89. The summed E-state index contributed by atoms with van der Waals surface area (Å²) >= 11 is 0. The van der Waals surface area contributed by atoms with E-state index >= 15 is 0 Å². The fraction of sp³-hybridized carbons (Fsp3) is 0.235. The van der Waals surface area contributed by atoms with E-state index in [0.29, 0.717) is 11.4 Å². The van der Waals surface area contributed by atoms with Crippen LogP contribution in [-0.4, -0.2) is 11.1 Å². The Labute approximate surface area is 123 Å². The third-order valence-electron chi connectivity index (χ3n) is 3.82. The number of carbonyl (C=O) groups is 1. The van der Waals surface area contributed by atoms with E-state index in [-0.39, 0.29) is 11.7 Å². The molecule has 3 rings (SSSR count). The lowest BCUT2D eigenvalue weighted by Crippen LogP contribution is -2.16. The molecule has 0 amide bonds. The van der Waals surface area contributed by atoms with Crippen molar-refractivity contribution in [2.75, 3.05) is 5.73 Å². The van der Waals surface area contributed by atoms with Gasteiger partial charge < -0.3 is 15.6 Å². The molecular weight excluding hydrogens is 266 g/mol. The van der Waals surface area contributed by atoms with Gasteiger partial charge in [0.25, 0.3) is 0 Å². The number of nitrogens with two attached hydrogens (primary N) is 1. The molecule has 0 aromatic heterocycles. The van der Waals surface area contributed by atoms with E-state index in [1.54, 1.807) is 12.1 Å². The Bertz CT molecular complexity index is 681. The molecule has 0 spiro atoms. The highest BCUT2D eigenvalue weighted by molar-refractivity contribution is 5.92. The van der Waals surface area contributed by atoms with E-state index in [9.17, 15) is 9.90 Å². The highest BCUT2D eigenvalue weighted by atomic mass is 16.5. The summed E-state index contributed by atoms with van der Waals surface area (Å²) in [6.45, 7) is 0. The van der Waals surface area contributed by atoms with Gasteiger partial charge in [0.1, 0.15) is 17.4 Å². The molecular formula is C17H17NO3. The van der Waals surface area contributed by atoms with Gasteiger partial charge >= 0.3 is 5.97 Å². The average Bonchev–Trinajstić information content (AvgIpc) is 2.49.